The highest BCUT2D eigenvalue weighted by atomic mass is 16.4. The number of nitrogen functional groups attached to an aromatic ring is 1. The maximum atomic E-state index is 10.6. The summed E-state index contributed by atoms with van der Waals surface area (Å²) in [7, 11) is 0. The van der Waals surface area contributed by atoms with Gasteiger partial charge in [-0.3, -0.25) is 0 Å². The predicted molar refractivity (Wildman–Crippen MR) is 76.3 cm³/mol. The summed E-state index contributed by atoms with van der Waals surface area (Å²) in [6, 6.07) is 7.87. The minimum atomic E-state index is -0.918. The van der Waals surface area contributed by atoms with Crippen molar-refractivity contribution in [2.24, 2.45) is 5.92 Å². The van der Waals surface area contributed by atoms with Crippen molar-refractivity contribution >= 4 is 17.5 Å². The molecule has 1 amide bonds. The summed E-state index contributed by atoms with van der Waals surface area (Å²) in [6.07, 6.45) is 3.01. The molecule has 0 aromatic heterocycles. The second kappa shape index (κ2) is 6.31. The van der Waals surface area contributed by atoms with Crippen LogP contribution in [-0.4, -0.2) is 23.8 Å². The summed E-state index contributed by atoms with van der Waals surface area (Å²) in [5.74, 6) is 0.589. The van der Waals surface area contributed by atoms with E-state index in [1.165, 1.54) is 0 Å². The van der Waals surface area contributed by atoms with Crippen LogP contribution in [0.25, 0.3) is 0 Å². The number of anilines is 2. The lowest BCUT2D eigenvalue weighted by Crippen LogP contribution is -2.37. The molecule has 0 aliphatic heterocycles. The molecule has 19 heavy (non-hydrogen) atoms. The first-order valence-electron chi connectivity index (χ1n) is 6.73. The maximum absolute atomic E-state index is 10.6. The van der Waals surface area contributed by atoms with Crippen LogP contribution >= 0.6 is 0 Å². The van der Waals surface area contributed by atoms with E-state index in [2.05, 4.69) is 10.6 Å². The molecule has 1 aromatic rings. The molecule has 0 bridgehead atoms. The van der Waals surface area contributed by atoms with E-state index in [0.717, 1.165) is 43.6 Å². The molecule has 5 nitrogen and oxygen atoms in total. The lowest BCUT2D eigenvalue weighted by molar-refractivity contribution is 0.183. The molecule has 1 saturated carbocycles. The maximum Gasteiger partial charge on any atom is 0.404 e. The molecule has 0 radical (unpaired) electrons. The van der Waals surface area contributed by atoms with Gasteiger partial charge in [0.2, 0.25) is 0 Å². The molecule has 1 aromatic carbocycles. The molecule has 2 rings (SSSR count). The van der Waals surface area contributed by atoms with Crippen LogP contribution in [0.1, 0.15) is 25.7 Å². The Bertz CT molecular complexity index is 428. The SMILES string of the molecule is Nc1ccccc1NC[C@H]1CC[C@@H](NC(=O)O)CC1. The Morgan fingerprint density at radius 3 is 2.58 bits per heavy atom. The first-order valence-corrected chi connectivity index (χ1v) is 6.73. The Kier molecular flexibility index (Phi) is 4.49. The molecule has 1 aliphatic carbocycles. The fourth-order valence-corrected chi connectivity index (χ4v) is 2.60. The monoisotopic (exact) mass is 263 g/mol. The second-order valence-electron chi connectivity index (χ2n) is 5.14. The van der Waals surface area contributed by atoms with Crippen molar-refractivity contribution in [1.82, 2.24) is 5.32 Å². The zero-order valence-electron chi connectivity index (χ0n) is 10.9. The zero-order chi connectivity index (χ0) is 13.7. The van der Waals surface area contributed by atoms with Crippen LogP contribution in [0.3, 0.4) is 0 Å². The van der Waals surface area contributed by atoms with E-state index in [-0.39, 0.29) is 6.04 Å². The molecule has 0 unspecified atom stereocenters. The van der Waals surface area contributed by atoms with Gasteiger partial charge in [0.05, 0.1) is 11.4 Å². The minimum absolute atomic E-state index is 0.121. The van der Waals surface area contributed by atoms with E-state index in [9.17, 15) is 4.79 Å². The van der Waals surface area contributed by atoms with Crippen molar-refractivity contribution < 1.29 is 9.90 Å². The summed E-state index contributed by atoms with van der Waals surface area (Å²) in [5, 5.41) is 14.6. The fourth-order valence-electron chi connectivity index (χ4n) is 2.60. The average molecular weight is 263 g/mol. The molecular formula is C14H21N3O2. The van der Waals surface area contributed by atoms with Crippen molar-refractivity contribution in [3.05, 3.63) is 24.3 Å². The molecule has 5 heteroatoms. The summed E-state index contributed by atoms with van der Waals surface area (Å²) in [5.41, 5.74) is 7.62. The van der Waals surface area contributed by atoms with Crippen LogP contribution in [0, 0.1) is 5.92 Å². The van der Waals surface area contributed by atoms with E-state index < -0.39 is 6.09 Å². The number of carboxylic acid groups (broad SMARTS) is 1. The summed E-state index contributed by atoms with van der Waals surface area (Å²) in [4.78, 5) is 10.6. The third-order valence-corrected chi connectivity index (χ3v) is 3.72. The molecule has 0 saturated heterocycles. The number of hydrogen-bond donors (Lipinski definition) is 4. The van der Waals surface area contributed by atoms with Gasteiger partial charge in [0.25, 0.3) is 0 Å². The van der Waals surface area contributed by atoms with Gasteiger partial charge in [0.1, 0.15) is 0 Å². The molecular weight excluding hydrogens is 242 g/mol. The molecule has 1 fully saturated rings. The predicted octanol–water partition coefficient (Wildman–Crippen LogP) is 2.51. The number of amides is 1. The van der Waals surface area contributed by atoms with Gasteiger partial charge in [0.15, 0.2) is 0 Å². The number of hydrogen-bond acceptors (Lipinski definition) is 3. The molecule has 0 heterocycles. The number of nitrogens with two attached hydrogens (primary N) is 1. The highest BCUT2D eigenvalue weighted by Gasteiger charge is 2.22. The Morgan fingerprint density at radius 2 is 1.95 bits per heavy atom. The lowest BCUT2D eigenvalue weighted by Gasteiger charge is -2.28. The van der Waals surface area contributed by atoms with Crippen molar-refractivity contribution in [2.75, 3.05) is 17.6 Å². The Balaban J connectivity index is 1.74. The summed E-state index contributed by atoms with van der Waals surface area (Å²) >= 11 is 0. The van der Waals surface area contributed by atoms with E-state index in [1.807, 2.05) is 24.3 Å². The molecule has 0 atom stereocenters. The summed E-state index contributed by atoms with van der Waals surface area (Å²) < 4.78 is 0. The highest BCUT2D eigenvalue weighted by molar-refractivity contribution is 5.65. The highest BCUT2D eigenvalue weighted by Crippen LogP contribution is 2.25. The van der Waals surface area contributed by atoms with Crippen LogP contribution in [0.2, 0.25) is 0 Å². The van der Waals surface area contributed by atoms with Crippen LogP contribution in [0.15, 0.2) is 24.3 Å². The van der Waals surface area contributed by atoms with Gasteiger partial charge >= 0.3 is 6.09 Å². The smallest absolute Gasteiger partial charge is 0.404 e. The van der Waals surface area contributed by atoms with Crippen molar-refractivity contribution in [3.63, 3.8) is 0 Å². The van der Waals surface area contributed by atoms with Crippen molar-refractivity contribution in [1.29, 1.82) is 0 Å². The Hall–Kier alpha value is -1.91. The first-order chi connectivity index (χ1) is 9.15. The standard InChI is InChI=1S/C14H21N3O2/c15-12-3-1-2-4-13(12)16-9-10-5-7-11(8-6-10)17-14(18)19/h1-4,10-11,16-17H,5-9,15H2,(H,18,19)/t10-,11+. The average Bonchev–Trinajstić information content (AvgIpc) is 2.39. The summed E-state index contributed by atoms with van der Waals surface area (Å²) in [6.45, 7) is 0.897. The lowest BCUT2D eigenvalue weighted by atomic mass is 9.86. The molecule has 104 valence electrons. The van der Waals surface area contributed by atoms with Crippen LogP contribution < -0.4 is 16.4 Å². The number of para-hydroxylation sites is 2. The topological polar surface area (TPSA) is 87.4 Å². The van der Waals surface area contributed by atoms with E-state index in [1.54, 1.807) is 0 Å². The van der Waals surface area contributed by atoms with Gasteiger partial charge in [-0.05, 0) is 43.7 Å². The van der Waals surface area contributed by atoms with Gasteiger partial charge in [-0.2, -0.15) is 0 Å². The number of carbonyl (C=O) groups is 1. The quantitative estimate of drug-likeness (QED) is 0.629. The third-order valence-electron chi connectivity index (χ3n) is 3.72. The van der Waals surface area contributed by atoms with Gasteiger partial charge < -0.3 is 21.5 Å². The number of rotatable bonds is 4. The molecule has 0 spiro atoms. The largest absolute Gasteiger partial charge is 0.465 e. The number of benzene rings is 1. The van der Waals surface area contributed by atoms with E-state index in [4.69, 9.17) is 10.8 Å². The second-order valence-corrected chi connectivity index (χ2v) is 5.14. The Morgan fingerprint density at radius 1 is 1.26 bits per heavy atom. The first kappa shape index (κ1) is 13.5. The minimum Gasteiger partial charge on any atom is -0.465 e. The van der Waals surface area contributed by atoms with Gasteiger partial charge in [-0.15, -0.1) is 0 Å². The normalized spacial score (nSPS) is 22.7. The third kappa shape index (κ3) is 4.05. The van der Waals surface area contributed by atoms with E-state index >= 15 is 0 Å². The Labute approximate surface area is 113 Å². The van der Waals surface area contributed by atoms with Gasteiger partial charge in [0, 0.05) is 12.6 Å². The zero-order valence-corrected chi connectivity index (χ0v) is 10.9. The number of nitrogens with one attached hydrogen (secondary N) is 2. The molecule has 1 aliphatic rings. The van der Waals surface area contributed by atoms with Crippen LogP contribution in [0.5, 0.6) is 0 Å². The van der Waals surface area contributed by atoms with Gasteiger partial charge in [-0.25, -0.2) is 4.79 Å². The van der Waals surface area contributed by atoms with E-state index in [0.29, 0.717) is 5.92 Å². The van der Waals surface area contributed by atoms with Crippen LogP contribution in [-0.2, 0) is 0 Å². The molecule has 5 N–H and O–H groups in total. The van der Waals surface area contributed by atoms with Crippen molar-refractivity contribution in [2.45, 2.75) is 31.7 Å². The van der Waals surface area contributed by atoms with Crippen molar-refractivity contribution in [3.8, 4) is 0 Å². The van der Waals surface area contributed by atoms with Crippen LogP contribution in [0.4, 0.5) is 16.2 Å². The fraction of sp³-hybridized carbons (Fsp3) is 0.500. The van der Waals surface area contributed by atoms with Gasteiger partial charge in [-0.1, -0.05) is 12.1 Å².